The van der Waals surface area contributed by atoms with E-state index in [0.717, 1.165) is 10.6 Å². The molecule has 1 aliphatic rings. The third-order valence-corrected chi connectivity index (χ3v) is 8.61. The van der Waals surface area contributed by atoms with Gasteiger partial charge in [-0.05, 0) is 64.1 Å². The first-order valence-electron chi connectivity index (χ1n) is 14.2. The van der Waals surface area contributed by atoms with E-state index in [-0.39, 0.29) is 52.6 Å². The van der Waals surface area contributed by atoms with Crippen molar-refractivity contribution in [3.05, 3.63) is 87.0 Å². The summed E-state index contributed by atoms with van der Waals surface area (Å²) in [5.41, 5.74) is -0.0116. The highest BCUT2D eigenvalue weighted by molar-refractivity contribution is 7.86. The van der Waals surface area contributed by atoms with Crippen LogP contribution in [0.25, 0.3) is 11.0 Å². The summed E-state index contributed by atoms with van der Waals surface area (Å²) in [4.78, 5) is 40.4. The van der Waals surface area contributed by atoms with Crippen LogP contribution in [0.3, 0.4) is 0 Å². The molecule has 15 heteroatoms. The largest absolute Gasteiger partial charge is 0.506 e. The predicted molar refractivity (Wildman–Crippen MR) is 161 cm³/mol. The lowest BCUT2D eigenvalue weighted by molar-refractivity contribution is -0.176. The van der Waals surface area contributed by atoms with E-state index >= 15 is 0 Å². The van der Waals surface area contributed by atoms with E-state index in [0.29, 0.717) is 5.69 Å². The molecule has 2 aromatic carbocycles. The number of aromatic amines is 1. The summed E-state index contributed by atoms with van der Waals surface area (Å²) in [6, 6.07) is 11.9. The van der Waals surface area contributed by atoms with E-state index in [1.807, 2.05) is 0 Å². The van der Waals surface area contributed by atoms with E-state index < -0.39 is 57.3 Å². The number of carbonyl (C=O) groups excluding carboxylic acids is 2. The molecule has 46 heavy (non-hydrogen) atoms. The van der Waals surface area contributed by atoms with Gasteiger partial charge in [-0.3, -0.25) is 0 Å². The number of aliphatic hydroxyl groups is 1. The maximum absolute atomic E-state index is 13.1. The van der Waals surface area contributed by atoms with Crippen molar-refractivity contribution in [3.8, 4) is 11.5 Å². The van der Waals surface area contributed by atoms with Gasteiger partial charge in [-0.1, -0.05) is 17.7 Å². The van der Waals surface area contributed by atoms with Gasteiger partial charge in [-0.25, -0.2) is 14.4 Å². The third kappa shape index (κ3) is 6.62. The van der Waals surface area contributed by atoms with Gasteiger partial charge in [0.1, 0.15) is 41.1 Å². The van der Waals surface area contributed by atoms with Gasteiger partial charge in [-0.15, -0.1) is 0 Å². The number of nitrogens with zero attached hydrogens (tertiary/aromatic N) is 1. The van der Waals surface area contributed by atoms with Crippen LogP contribution in [0.5, 0.6) is 11.5 Å². The van der Waals surface area contributed by atoms with Crippen molar-refractivity contribution in [3.63, 3.8) is 0 Å². The summed E-state index contributed by atoms with van der Waals surface area (Å²) in [5.74, 6) is -2.40. The summed E-state index contributed by atoms with van der Waals surface area (Å²) in [7, 11) is -4.33. The number of rotatable bonds is 9. The second-order valence-corrected chi connectivity index (χ2v) is 12.3. The molecular formula is C31H32N2O12S. The Bertz CT molecular complexity index is 1950. The second kappa shape index (κ2) is 13.0. The molecule has 1 aliphatic heterocycles. The van der Waals surface area contributed by atoms with Crippen LogP contribution >= 0.6 is 0 Å². The number of esters is 2. The molecule has 3 heterocycles. The molecule has 0 bridgehead atoms. The third-order valence-electron chi connectivity index (χ3n) is 7.36. The fraction of sp³-hybridized carbons (Fsp3) is 0.323. The first-order chi connectivity index (χ1) is 21.8. The average molecular weight is 657 g/mol. The van der Waals surface area contributed by atoms with Crippen LogP contribution in [0.15, 0.2) is 62.6 Å². The van der Waals surface area contributed by atoms with Crippen LogP contribution in [0, 0.1) is 20.8 Å². The van der Waals surface area contributed by atoms with E-state index in [2.05, 4.69) is 4.98 Å². The van der Waals surface area contributed by atoms with Crippen LogP contribution < -0.4 is 10.4 Å². The lowest BCUT2D eigenvalue weighted by Crippen LogP contribution is -2.58. The lowest BCUT2D eigenvalue weighted by Gasteiger charge is -2.39. The van der Waals surface area contributed by atoms with Gasteiger partial charge in [0.25, 0.3) is 0 Å². The van der Waals surface area contributed by atoms with Gasteiger partial charge in [0.05, 0.1) is 30.0 Å². The highest BCUT2D eigenvalue weighted by atomic mass is 32.2. The number of fused-ring (bicyclic) bond motifs is 1. The molecule has 5 rings (SSSR count). The number of hydrogen-bond donors (Lipinski definition) is 3. The first-order valence-corrected chi connectivity index (χ1v) is 15.6. The molecule has 0 spiro atoms. The second-order valence-electron chi connectivity index (χ2n) is 10.7. The number of ether oxygens (including phenoxy) is 3. The number of aromatic nitrogens is 1. The summed E-state index contributed by atoms with van der Waals surface area (Å²) < 4.78 is 53.5. The van der Waals surface area contributed by atoms with Gasteiger partial charge >= 0.3 is 27.7 Å². The molecule has 3 atom stereocenters. The van der Waals surface area contributed by atoms with E-state index in [1.165, 1.54) is 37.3 Å². The monoisotopic (exact) mass is 656 g/mol. The molecule has 2 aromatic heterocycles. The molecular weight excluding hydrogens is 624 g/mol. The van der Waals surface area contributed by atoms with Crippen molar-refractivity contribution in [1.29, 1.82) is 0 Å². The van der Waals surface area contributed by atoms with E-state index in [1.54, 1.807) is 39.0 Å². The zero-order valence-corrected chi connectivity index (χ0v) is 26.1. The van der Waals surface area contributed by atoms with Crippen molar-refractivity contribution in [1.82, 2.24) is 10.0 Å². The average Bonchev–Trinajstić information content (AvgIpc) is 3.43. The standard InChI is InChI=1S/C31H32N2O12S/c1-5-41-30(37)25-26(34)20-11-13-22(18(4)28(20)44-31(25)38)42-23-14-33(45-46(39,40)19-9-6-16(2)7-10-19)15-24(27(23)35)43-29(36)21-12-8-17(3)32-21/h6-13,23-24,27,32,34-35H,5,14-15H2,1-4H3/t23-,24-,27+/m1/s1. The van der Waals surface area contributed by atoms with E-state index in [4.69, 9.17) is 22.9 Å². The number of benzene rings is 2. The summed E-state index contributed by atoms with van der Waals surface area (Å²) in [6.45, 7) is 5.95. The maximum atomic E-state index is 13.1. The summed E-state index contributed by atoms with van der Waals surface area (Å²) >= 11 is 0. The number of H-pyrrole nitrogens is 1. The van der Waals surface area contributed by atoms with Crippen LogP contribution in [0.1, 0.15) is 44.6 Å². The minimum absolute atomic E-state index is 0.0268. The number of aryl methyl sites for hydroxylation is 3. The molecule has 14 nitrogen and oxygen atoms in total. The molecule has 0 radical (unpaired) electrons. The Kier molecular flexibility index (Phi) is 9.21. The number of carbonyl (C=O) groups is 2. The lowest BCUT2D eigenvalue weighted by atomic mass is 10.0. The quantitative estimate of drug-likeness (QED) is 0.176. The van der Waals surface area contributed by atoms with Gasteiger partial charge in [-0.2, -0.15) is 17.8 Å². The smallest absolute Gasteiger partial charge is 0.355 e. The summed E-state index contributed by atoms with van der Waals surface area (Å²) in [6.07, 6.45) is -4.01. The Labute approximate surface area is 263 Å². The fourth-order valence-corrected chi connectivity index (χ4v) is 5.91. The van der Waals surface area contributed by atoms with Crippen LogP contribution in [0.2, 0.25) is 0 Å². The Morgan fingerprint density at radius 3 is 2.35 bits per heavy atom. The maximum Gasteiger partial charge on any atom is 0.355 e. The topological polar surface area (TPSA) is 195 Å². The highest BCUT2D eigenvalue weighted by Gasteiger charge is 2.42. The Balaban J connectivity index is 1.46. The zero-order valence-electron chi connectivity index (χ0n) is 25.3. The van der Waals surface area contributed by atoms with Gasteiger partial charge in [0, 0.05) is 11.3 Å². The molecule has 0 amide bonds. The highest BCUT2D eigenvalue weighted by Crippen LogP contribution is 2.35. The SMILES string of the molecule is CCOC(=O)c1c(O)c2ccc(O[C@@H]3CN(OS(=O)(=O)c4ccc(C)cc4)C[C@@H](OC(=O)c4ccc(C)[nH]4)[C@H]3O)c(C)c2oc1=O. The first kappa shape index (κ1) is 32.7. The number of piperidine rings is 1. The molecule has 4 aromatic rings. The number of hydrogen-bond acceptors (Lipinski definition) is 13. The van der Waals surface area contributed by atoms with Crippen LogP contribution in [-0.2, 0) is 23.9 Å². The number of nitrogens with one attached hydrogen (secondary N) is 1. The zero-order chi connectivity index (χ0) is 33.3. The van der Waals surface area contributed by atoms with Gasteiger partial charge in [0.2, 0.25) is 0 Å². The van der Waals surface area contributed by atoms with E-state index in [9.17, 15) is 33.0 Å². The molecule has 0 saturated carbocycles. The molecule has 244 valence electrons. The van der Waals surface area contributed by atoms with Crippen LogP contribution in [0.4, 0.5) is 0 Å². The number of aliphatic hydroxyl groups excluding tert-OH is 1. The molecule has 0 unspecified atom stereocenters. The van der Waals surface area contributed by atoms with Crippen molar-refractivity contribution >= 4 is 33.0 Å². The van der Waals surface area contributed by atoms with Crippen molar-refractivity contribution in [2.45, 2.75) is 50.9 Å². The minimum Gasteiger partial charge on any atom is -0.506 e. The Morgan fingerprint density at radius 1 is 1.00 bits per heavy atom. The van der Waals surface area contributed by atoms with Crippen LogP contribution in [-0.4, -0.2) is 78.6 Å². The molecule has 3 N–H and O–H groups in total. The van der Waals surface area contributed by atoms with Crippen molar-refractivity contribution < 1.29 is 51.1 Å². The molecule has 1 fully saturated rings. The summed E-state index contributed by atoms with van der Waals surface area (Å²) in [5, 5.41) is 23.0. The predicted octanol–water partition coefficient (Wildman–Crippen LogP) is 2.90. The number of aromatic hydroxyl groups is 1. The van der Waals surface area contributed by atoms with Crippen molar-refractivity contribution in [2.24, 2.45) is 0 Å². The normalized spacial score (nSPS) is 18.8. The number of hydroxylamine groups is 2. The van der Waals surface area contributed by atoms with Crippen molar-refractivity contribution in [2.75, 3.05) is 19.7 Å². The molecule has 0 aliphatic carbocycles. The fourth-order valence-electron chi connectivity index (χ4n) is 4.96. The molecule has 1 saturated heterocycles. The Hall–Kier alpha value is -4.70. The Morgan fingerprint density at radius 2 is 1.70 bits per heavy atom. The van der Waals surface area contributed by atoms with Gasteiger partial charge < -0.3 is 33.8 Å². The minimum atomic E-state index is -4.33. The van der Waals surface area contributed by atoms with Gasteiger partial charge in [0.15, 0.2) is 5.56 Å².